The van der Waals surface area contributed by atoms with Gasteiger partial charge in [-0.2, -0.15) is 0 Å². The number of nitrogens with two attached hydrogens (primary N) is 1. The quantitative estimate of drug-likeness (QED) is 0.865. The summed E-state index contributed by atoms with van der Waals surface area (Å²) in [5.41, 5.74) is 9.31. The molecule has 3 nitrogen and oxygen atoms in total. The number of nitrogens with zero attached hydrogens (tertiary/aromatic N) is 1. The normalized spacial score (nSPS) is 10.3. The van der Waals surface area contributed by atoms with Gasteiger partial charge in [-0.3, -0.25) is 4.79 Å². The molecule has 2 N–H and O–H groups in total. The lowest BCUT2D eigenvalue weighted by Gasteiger charge is -2.21. The predicted octanol–water partition coefficient (Wildman–Crippen LogP) is 3.24. The summed E-state index contributed by atoms with van der Waals surface area (Å²) in [6.07, 6.45) is 0. The van der Waals surface area contributed by atoms with E-state index in [1.54, 1.807) is 6.07 Å². The molecule has 0 radical (unpaired) electrons. The van der Waals surface area contributed by atoms with Crippen LogP contribution in [0.1, 0.15) is 28.4 Å². The molecule has 2 aromatic rings. The second-order valence-electron chi connectivity index (χ2n) is 4.88. The van der Waals surface area contributed by atoms with Gasteiger partial charge in [0.15, 0.2) is 0 Å². The molecule has 0 spiro atoms. The highest BCUT2D eigenvalue weighted by atomic mass is 16.2. The van der Waals surface area contributed by atoms with Gasteiger partial charge in [0, 0.05) is 24.3 Å². The van der Waals surface area contributed by atoms with E-state index in [0.29, 0.717) is 24.3 Å². The number of rotatable bonds is 4. The first-order chi connectivity index (χ1) is 9.61. The van der Waals surface area contributed by atoms with Gasteiger partial charge >= 0.3 is 0 Å². The van der Waals surface area contributed by atoms with Crippen LogP contribution in [0.25, 0.3) is 0 Å². The Labute approximate surface area is 120 Å². The smallest absolute Gasteiger partial charge is 0.254 e. The molecule has 0 aliphatic heterocycles. The average Bonchev–Trinajstić information content (AvgIpc) is 2.48. The molecule has 0 unspecified atom stereocenters. The first-order valence-corrected chi connectivity index (χ1v) is 6.81. The Morgan fingerprint density at radius 2 is 1.85 bits per heavy atom. The molecule has 0 aliphatic rings. The number of amides is 1. The van der Waals surface area contributed by atoms with Crippen molar-refractivity contribution in [3.05, 3.63) is 65.2 Å². The summed E-state index contributed by atoms with van der Waals surface area (Å²) in [5.74, 6) is 0.0167. The van der Waals surface area contributed by atoms with Crippen molar-refractivity contribution in [2.24, 2.45) is 0 Å². The van der Waals surface area contributed by atoms with E-state index in [1.807, 2.05) is 61.2 Å². The van der Waals surface area contributed by atoms with Gasteiger partial charge in [-0.1, -0.05) is 36.4 Å². The summed E-state index contributed by atoms with van der Waals surface area (Å²) < 4.78 is 0. The molecule has 3 heteroatoms. The van der Waals surface area contributed by atoms with E-state index < -0.39 is 0 Å². The van der Waals surface area contributed by atoms with Crippen molar-refractivity contribution in [2.75, 3.05) is 12.3 Å². The Morgan fingerprint density at radius 1 is 1.15 bits per heavy atom. The van der Waals surface area contributed by atoms with Crippen molar-refractivity contribution in [1.29, 1.82) is 0 Å². The molecule has 2 aromatic carbocycles. The van der Waals surface area contributed by atoms with Gasteiger partial charge in [-0.05, 0) is 37.1 Å². The molecule has 0 saturated heterocycles. The number of carbonyl (C=O) groups excluding carboxylic acids is 1. The van der Waals surface area contributed by atoms with Crippen LogP contribution in [0.15, 0.2) is 48.5 Å². The Hall–Kier alpha value is -2.29. The van der Waals surface area contributed by atoms with Gasteiger partial charge in [0.05, 0.1) is 0 Å². The largest absolute Gasteiger partial charge is 0.398 e. The number of nitrogen functional groups attached to an aromatic ring is 1. The lowest BCUT2D eigenvalue weighted by molar-refractivity contribution is 0.0752. The van der Waals surface area contributed by atoms with Gasteiger partial charge in [-0.25, -0.2) is 0 Å². The number of hydrogen-bond donors (Lipinski definition) is 1. The summed E-state index contributed by atoms with van der Waals surface area (Å²) in [5, 5.41) is 0. The zero-order valence-electron chi connectivity index (χ0n) is 12.0. The van der Waals surface area contributed by atoms with Crippen LogP contribution in [0.3, 0.4) is 0 Å². The summed E-state index contributed by atoms with van der Waals surface area (Å²) in [4.78, 5) is 14.3. The minimum Gasteiger partial charge on any atom is -0.398 e. The van der Waals surface area contributed by atoms with Crippen LogP contribution in [0.5, 0.6) is 0 Å². The SMILES string of the molecule is CCN(Cc1ccccc1)C(=O)c1ccc(C)c(N)c1. The van der Waals surface area contributed by atoms with Crippen molar-refractivity contribution < 1.29 is 4.79 Å². The zero-order chi connectivity index (χ0) is 14.5. The van der Waals surface area contributed by atoms with Crippen molar-refractivity contribution in [3.8, 4) is 0 Å². The second-order valence-corrected chi connectivity index (χ2v) is 4.88. The molecule has 0 saturated carbocycles. The molecule has 2 rings (SSSR count). The van der Waals surface area contributed by atoms with E-state index in [0.717, 1.165) is 11.1 Å². The molecular formula is C17H20N2O. The first-order valence-electron chi connectivity index (χ1n) is 6.81. The number of carbonyl (C=O) groups is 1. The van der Waals surface area contributed by atoms with Crippen molar-refractivity contribution in [3.63, 3.8) is 0 Å². The van der Waals surface area contributed by atoms with Crippen molar-refractivity contribution in [1.82, 2.24) is 4.90 Å². The minimum absolute atomic E-state index is 0.0167. The van der Waals surface area contributed by atoms with Crippen LogP contribution in [0, 0.1) is 6.92 Å². The molecular weight excluding hydrogens is 248 g/mol. The Bertz CT molecular complexity index is 593. The average molecular weight is 268 g/mol. The number of anilines is 1. The molecule has 0 atom stereocenters. The van der Waals surface area contributed by atoms with E-state index in [1.165, 1.54) is 0 Å². The third-order valence-corrected chi connectivity index (χ3v) is 3.41. The summed E-state index contributed by atoms with van der Waals surface area (Å²) in [7, 11) is 0. The van der Waals surface area contributed by atoms with Gasteiger partial charge in [-0.15, -0.1) is 0 Å². The van der Waals surface area contributed by atoms with E-state index >= 15 is 0 Å². The second kappa shape index (κ2) is 6.24. The highest BCUT2D eigenvalue weighted by Gasteiger charge is 2.15. The highest BCUT2D eigenvalue weighted by Crippen LogP contribution is 2.16. The maximum atomic E-state index is 12.5. The lowest BCUT2D eigenvalue weighted by Crippen LogP contribution is -2.30. The van der Waals surface area contributed by atoms with Crippen LogP contribution < -0.4 is 5.73 Å². The fraction of sp³-hybridized carbons (Fsp3) is 0.235. The number of aryl methyl sites for hydroxylation is 1. The summed E-state index contributed by atoms with van der Waals surface area (Å²) in [6.45, 7) is 5.20. The molecule has 0 aliphatic carbocycles. The predicted molar refractivity (Wildman–Crippen MR) is 82.4 cm³/mol. The van der Waals surface area contributed by atoms with Crippen molar-refractivity contribution >= 4 is 11.6 Å². The van der Waals surface area contributed by atoms with Gasteiger partial charge in [0.25, 0.3) is 5.91 Å². The maximum Gasteiger partial charge on any atom is 0.254 e. The molecule has 104 valence electrons. The van der Waals surface area contributed by atoms with E-state index in [2.05, 4.69) is 0 Å². The Morgan fingerprint density at radius 3 is 2.45 bits per heavy atom. The first kappa shape index (κ1) is 14.1. The Kier molecular flexibility index (Phi) is 4.41. The molecule has 1 amide bonds. The third-order valence-electron chi connectivity index (χ3n) is 3.41. The fourth-order valence-electron chi connectivity index (χ4n) is 2.09. The number of benzene rings is 2. The van der Waals surface area contributed by atoms with E-state index in [4.69, 9.17) is 5.73 Å². The molecule has 0 heterocycles. The molecule has 20 heavy (non-hydrogen) atoms. The van der Waals surface area contributed by atoms with Crippen LogP contribution in [-0.4, -0.2) is 17.4 Å². The van der Waals surface area contributed by atoms with E-state index in [-0.39, 0.29) is 5.91 Å². The monoisotopic (exact) mass is 268 g/mol. The molecule has 0 bridgehead atoms. The van der Waals surface area contributed by atoms with Crippen LogP contribution >= 0.6 is 0 Å². The van der Waals surface area contributed by atoms with Gasteiger partial charge in [0.1, 0.15) is 0 Å². The van der Waals surface area contributed by atoms with Crippen molar-refractivity contribution in [2.45, 2.75) is 20.4 Å². The highest BCUT2D eigenvalue weighted by molar-refractivity contribution is 5.95. The minimum atomic E-state index is 0.0167. The Balaban J connectivity index is 2.18. The van der Waals surface area contributed by atoms with Crippen LogP contribution in [0.4, 0.5) is 5.69 Å². The zero-order valence-corrected chi connectivity index (χ0v) is 12.0. The topological polar surface area (TPSA) is 46.3 Å². The fourth-order valence-corrected chi connectivity index (χ4v) is 2.09. The number of hydrogen-bond acceptors (Lipinski definition) is 2. The van der Waals surface area contributed by atoms with Gasteiger partial charge in [0.2, 0.25) is 0 Å². The molecule has 0 aromatic heterocycles. The third kappa shape index (κ3) is 3.18. The van der Waals surface area contributed by atoms with Crippen LogP contribution in [-0.2, 0) is 6.54 Å². The maximum absolute atomic E-state index is 12.5. The van der Waals surface area contributed by atoms with Crippen LogP contribution in [0.2, 0.25) is 0 Å². The molecule has 0 fully saturated rings. The standard InChI is InChI=1S/C17H20N2O/c1-3-19(12-14-7-5-4-6-8-14)17(20)15-10-9-13(2)16(18)11-15/h4-11H,3,12,18H2,1-2H3. The lowest BCUT2D eigenvalue weighted by atomic mass is 10.1. The summed E-state index contributed by atoms with van der Waals surface area (Å²) in [6, 6.07) is 15.5. The summed E-state index contributed by atoms with van der Waals surface area (Å²) >= 11 is 0. The van der Waals surface area contributed by atoms with Gasteiger partial charge < -0.3 is 10.6 Å². The van der Waals surface area contributed by atoms with E-state index in [9.17, 15) is 4.79 Å².